The molecule has 1 aliphatic heterocycles. The number of hydrogen-bond acceptors (Lipinski definition) is 6. The van der Waals surface area contributed by atoms with Crippen molar-refractivity contribution in [2.24, 2.45) is 0 Å². The van der Waals surface area contributed by atoms with Gasteiger partial charge >= 0.3 is 0 Å². The van der Waals surface area contributed by atoms with E-state index in [4.69, 9.17) is 23.7 Å². The molecule has 0 N–H and O–H groups in total. The molecule has 1 atom stereocenters. The molecule has 2 aromatic carbocycles. The maximum atomic E-state index is 12.8. The summed E-state index contributed by atoms with van der Waals surface area (Å²) < 4.78 is 27.3. The van der Waals surface area contributed by atoms with Crippen molar-refractivity contribution in [3.63, 3.8) is 0 Å². The summed E-state index contributed by atoms with van der Waals surface area (Å²) in [6.07, 6.45) is -0.167. The molecule has 0 aromatic heterocycles. The Hall–Kier alpha value is -2.89. The van der Waals surface area contributed by atoms with Gasteiger partial charge in [0.15, 0.2) is 17.3 Å². The van der Waals surface area contributed by atoms with Gasteiger partial charge in [0, 0.05) is 6.07 Å². The average Bonchev–Trinajstić information content (AvgIpc) is 2.66. The van der Waals surface area contributed by atoms with Gasteiger partial charge in [-0.15, -0.1) is 0 Å². The van der Waals surface area contributed by atoms with Crippen LogP contribution in [0.5, 0.6) is 28.7 Å². The summed E-state index contributed by atoms with van der Waals surface area (Å²) in [6.45, 7) is 0. The van der Waals surface area contributed by atoms with Crippen LogP contribution in [0, 0.1) is 0 Å². The molecule has 0 saturated carbocycles. The van der Waals surface area contributed by atoms with E-state index in [9.17, 15) is 4.79 Å². The number of fused-ring (bicyclic) bond motifs is 1. The van der Waals surface area contributed by atoms with Gasteiger partial charge < -0.3 is 23.7 Å². The van der Waals surface area contributed by atoms with Crippen LogP contribution in [0.3, 0.4) is 0 Å². The Morgan fingerprint density at radius 2 is 1.60 bits per heavy atom. The van der Waals surface area contributed by atoms with E-state index in [0.717, 1.165) is 11.3 Å². The fourth-order valence-electron chi connectivity index (χ4n) is 2.96. The largest absolute Gasteiger partial charge is 0.497 e. The molecule has 0 fully saturated rings. The maximum absolute atomic E-state index is 12.8. The molecule has 0 amide bonds. The van der Waals surface area contributed by atoms with Crippen molar-refractivity contribution in [2.45, 2.75) is 12.5 Å². The lowest BCUT2D eigenvalue weighted by atomic mass is 9.95. The van der Waals surface area contributed by atoms with Crippen LogP contribution >= 0.6 is 0 Å². The van der Waals surface area contributed by atoms with Gasteiger partial charge in [-0.3, -0.25) is 4.79 Å². The van der Waals surface area contributed by atoms with E-state index in [0.29, 0.717) is 28.6 Å². The fraction of sp³-hybridized carbons (Fsp3) is 0.316. The van der Waals surface area contributed by atoms with Gasteiger partial charge in [-0.2, -0.15) is 0 Å². The molecule has 1 heterocycles. The van der Waals surface area contributed by atoms with Crippen molar-refractivity contribution in [1.29, 1.82) is 0 Å². The molecule has 6 heteroatoms. The number of Topliss-reactive ketones (excluding diaryl/α,β-unsaturated/α-hetero) is 1. The van der Waals surface area contributed by atoms with E-state index >= 15 is 0 Å². The number of ketones is 1. The number of benzene rings is 2. The summed E-state index contributed by atoms with van der Waals surface area (Å²) in [6, 6.07) is 9.12. The zero-order valence-electron chi connectivity index (χ0n) is 14.6. The SMILES string of the molecule is COc1ccc([C@@H]2CC(=O)c3c(cc(OC)c(OC)c3OC)O2)cc1. The van der Waals surface area contributed by atoms with E-state index in [1.54, 1.807) is 13.2 Å². The van der Waals surface area contributed by atoms with Crippen molar-refractivity contribution in [3.05, 3.63) is 41.5 Å². The van der Waals surface area contributed by atoms with E-state index in [1.165, 1.54) is 21.3 Å². The van der Waals surface area contributed by atoms with Gasteiger partial charge in [0.1, 0.15) is 23.2 Å². The third kappa shape index (κ3) is 2.95. The molecule has 132 valence electrons. The number of methoxy groups -OCH3 is 4. The van der Waals surface area contributed by atoms with E-state index < -0.39 is 0 Å². The smallest absolute Gasteiger partial charge is 0.204 e. The van der Waals surface area contributed by atoms with Crippen LogP contribution < -0.4 is 23.7 Å². The summed E-state index contributed by atoms with van der Waals surface area (Å²) in [7, 11) is 6.12. The lowest BCUT2D eigenvalue weighted by Gasteiger charge is -2.28. The Labute approximate surface area is 146 Å². The molecule has 25 heavy (non-hydrogen) atoms. The lowest BCUT2D eigenvalue weighted by Crippen LogP contribution is -2.21. The summed E-state index contributed by atoms with van der Waals surface area (Å²) in [4.78, 5) is 12.8. The zero-order chi connectivity index (χ0) is 18.0. The quantitative estimate of drug-likeness (QED) is 0.828. The minimum absolute atomic E-state index is 0.0696. The third-order valence-corrected chi connectivity index (χ3v) is 4.20. The molecule has 3 rings (SSSR count). The lowest BCUT2D eigenvalue weighted by molar-refractivity contribution is 0.0842. The Morgan fingerprint density at radius 3 is 2.16 bits per heavy atom. The highest BCUT2D eigenvalue weighted by Crippen LogP contribution is 2.49. The zero-order valence-corrected chi connectivity index (χ0v) is 14.6. The summed E-state index contributed by atoms with van der Waals surface area (Å²) >= 11 is 0. The van der Waals surface area contributed by atoms with Crippen LogP contribution in [0.25, 0.3) is 0 Å². The molecule has 0 bridgehead atoms. The Balaban J connectivity index is 2.03. The highest BCUT2D eigenvalue weighted by molar-refractivity contribution is 6.04. The molecule has 0 radical (unpaired) electrons. The number of carbonyl (C=O) groups excluding carboxylic acids is 1. The first-order valence-electron chi connectivity index (χ1n) is 7.79. The van der Waals surface area contributed by atoms with Gasteiger partial charge in [-0.1, -0.05) is 12.1 Å². The monoisotopic (exact) mass is 344 g/mol. The van der Waals surface area contributed by atoms with E-state index in [2.05, 4.69) is 0 Å². The Bertz CT molecular complexity index is 781. The molecule has 0 unspecified atom stereocenters. The van der Waals surface area contributed by atoms with Crippen LogP contribution in [0.2, 0.25) is 0 Å². The minimum atomic E-state index is -0.381. The highest BCUT2D eigenvalue weighted by atomic mass is 16.5. The first-order valence-corrected chi connectivity index (χ1v) is 7.79. The predicted octanol–water partition coefficient (Wildman–Crippen LogP) is 3.43. The van der Waals surface area contributed by atoms with Crippen LogP contribution in [-0.4, -0.2) is 34.2 Å². The Kier molecular flexibility index (Phi) is 4.70. The molecule has 6 nitrogen and oxygen atoms in total. The van der Waals surface area contributed by atoms with Crippen molar-refractivity contribution in [2.75, 3.05) is 28.4 Å². The van der Waals surface area contributed by atoms with E-state index in [1.807, 2.05) is 24.3 Å². The van der Waals surface area contributed by atoms with Crippen LogP contribution in [0.15, 0.2) is 30.3 Å². The highest BCUT2D eigenvalue weighted by Gasteiger charge is 2.34. The van der Waals surface area contributed by atoms with Gasteiger partial charge in [-0.05, 0) is 17.7 Å². The number of hydrogen-bond donors (Lipinski definition) is 0. The van der Waals surface area contributed by atoms with Gasteiger partial charge in [0.05, 0.1) is 34.9 Å². The number of ether oxygens (including phenoxy) is 5. The van der Waals surface area contributed by atoms with Crippen molar-refractivity contribution < 1.29 is 28.5 Å². The van der Waals surface area contributed by atoms with Gasteiger partial charge in [0.25, 0.3) is 0 Å². The minimum Gasteiger partial charge on any atom is -0.497 e. The normalized spacial score (nSPS) is 15.8. The first-order chi connectivity index (χ1) is 12.1. The molecule has 0 saturated heterocycles. The van der Waals surface area contributed by atoms with Crippen molar-refractivity contribution >= 4 is 5.78 Å². The topological polar surface area (TPSA) is 63.2 Å². The average molecular weight is 344 g/mol. The first kappa shape index (κ1) is 17.0. The maximum Gasteiger partial charge on any atom is 0.204 e. The van der Waals surface area contributed by atoms with Crippen LogP contribution in [-0.2, 0) is 0 Å². The van der Waals surface area contributed by atoms with Crippen molar-refractivity contribution in [1.82, 2.24) is 0 Å². The second-order valence-corrected chi connectivity index (χ2v) is 5.53. The predicted molar refractivity (Wildman–Crippen MR) is 91.4 cm³/mol. The molecule has 0 spiro atoms. The summed E-state index contributed by atoms with van der Waals surface area (Å²) in [5.74, 6) is 2.26. The van der Waals surface area contributed by atoms with Crippen LogP contribution in [0.4, 0.5) is 0 Å². The molecule has 2 aromatic rings. The molecule has 0 aliphatic carbocycles. The second-order valence-electron chi connectivity index (χ2n) is 5.53. The fourth-order valence-corrected chi connectivity index (χ4v) is 2.96. The van der Waals surface area contributed by atoms with E-state index in [-0.39, 0.29) is 18.3 Å². The third-order valence-electron chi connectivity index (χ3n) is 4.20. The Morgan fingerprint density at radius 1 is 0.920 bits per heavy atom. The molecular weight excluding hydrogens is 324 g/mol. The number of carbonyl (C=O) groups is 1. The van der Waals surface area contributed by atoms with Crippen molar-refractivity contribution in [3.8, 4) is 28.7 Å². The summed E-state index contributed by atoms with van der Waals surface area (Å²) in [5.41, 5.74) is 1.28. The van der Waals surface area contributed by atoms with Crippen LogP contribution in [0.1, 0.15) is 28.4 Å². The second kappa shape index (κ2) is 6.93. The summed E-state index contributed by atoms with van der Waals surface area (Å²) in [5, 5.41) is 0. The van der Waals surface area contributed by atoms with Gasteiger partial charge in [-0.25, -0.2) is 0 Å². The number of rotatable bonds is 5. The standard InChI is InChI=1S/C19H20O6/c1-21-12-7-5-11(6-8-12)14-9-13(20)17-15(25-14)10-16(22-2)18(23-3)19(17)24-4/h5-8,10,14H,9H2,1-4H3/t14-/m0/s1. The molecular formula is C19H20O6. The molecule has 1 aliphatic rings. The van der Waals surface area contributed by atoms with Gasteiger partial charge in [0.2, 0.25) is 5.75 Å².